The number of rotatable bonds is 3. The summed E-state index contributed by atoms with van der Waals surface area (Å²) in [6.45, 7) is 3.52. The number of pyridine rings is 1. The zero-order valence-corrected chi connectivity index (χ0v) is 13.0. The van der Waals surface area contributed by atoms with Gasteiger partial charge in [0.2, 0.25) is 0 Å². The van der Waals surface area contributed by atoms with Crippen LogP contribution in [0.15, 0.2) is 42.6 Å². The quantitative estimate of drug-likeness (QED) is 0.770. The zero-order valence-electron chi connectivity index (χ0n) is 13.0. The smallest absolute Gasteiger partial charge is 0.161 e. The number of nitrogens with zero attached hydrogens (tertiary/aromatic N) is 1. The maximum absolute atomic E-state index is 5.76. The number of ether oxygens (including phenoxy) is 2. The van der Waals surface area contributed by atoms with Gasteiger partial charge in [-0.2, -0.15) is 0 Å². The molecule has 0 radical (unpaired) electrons. The van der Waals surface area contributed by atoms with E-state index in [2.05, 4.69) is 34.3 Å². The minimum absolute atomic E-state index is 0.118. The fourth-order valence-electron chi connectivity index (χ4n) is 2.77. The van der Waals surface area contributed by atoms with Gasteiger partial charge in [-0.25, -0.2) is 4.98 Å². The summed E-state index contributed by atoms with van der Waals surface area (Å²) in [7, 11) is 0. The van der Waals surface area contributed by atoms with Crippen molar-refractivity contribution in [2.75, 3.05) is 18.5 Å². The van der Waals surface area contributed by atoms with Crippen LogP contribution < -0.4 is 14.8 Å². The van der Waals surface area contributed by atoms with Gasteiger partial charge in [0.25, 0.3) is 0 Å². The van der Waals surface area contributed by atoms with Crippen molar-refractivity contribution < 1.29 is 9.47 Å². The van der Waals surface area contributed by atoms with Crippen molar-refractivity contribution in [3.8, 4) is 11.5 Å². The molecule has 0 spiro atoms. The fourth-order valence-corrected chi connectivity index (χ4v) is 2.77. The standard InChI is InChI=1S/C18H19N3O2/c1-12(20-17-6-4-13-7-8-19-18(13)21-17)14-3-5-15-16(11-14)23-10-2-9-22-15/h3-8,11-12H,2,9-10H2,1H3,(H2,19,20,21)/t12-/m1/s1. The highest BCUT2D eigenvalue weighted by Gasteiger charge is 2.14. The van der Waals surface area contributed by atoms with E-state index in [1.54, 1.807) is 0 Å². The van der Waals surface area contributed by atoms with E-state index in [4.69, 9.17) is 9.47 Å². The molecule has 4 rings (SSSR count). The van der Waals surface area contributed by atoms with E-state index in [0.29, 0.717) is 13.2 Å². The number of aromatic amines is 1. The van der Waals surface area contributed by atoms with Gasteiger partial charge in [0, 0.05) is 18.0 Å². The third-order valence-electron chi connectivity index (χ3n) is 4.05. The highest BCUT2D eigenvalue weighted by Crippen LogP contribution is 2.33. The van der Waals surface area contributed by atoms with Crippen LogP contribution in [-0.2, 0) is 0 Å². The number of anilines is 1. The van der Waals surface area contributed by atoms with Crippen LogP contribution >= 0.6 is 0 Å². The molecular weight excluding hydrogens is 290 g/mol. The van der Waals surface area contributed by atoms with Crippen LogP contribution in [0.25, 0.3) is 11.0 Å². The molecule has 118 valence electrons. The van der Waals surface area contributed by atoms with Crippen molar-refractivity contribution in [2.24, 2.45) is 0 Å². The normalized spacial score (nSPS) is 15.2. The molecule has 0 fully saturated rings. The van der Waals surface area contributed by atoms with E-state index in [9.17, 15) is 0 Å². The molecule has 0 bridgehead atoms. The summed E-state index contributed by atoms with van der Waals surface area (Å²) in [5.41, 5.74) is 2.03. The Hall–Kier alpha value is -2.69. The van der Waals surface area contributed by atoms with Gasteiger partial charge < -0.3 is 19.8 Å². The molecule has 1 atom stereocenters. The van der Waals surface area contributed by atoms with Crippen molar-refractivity contribution >= 4 is 16.9 Å². The van der Waals surface area contributed by atoms with Crippen molar-refractivity contribution in [3.63, 3.8) is 0 Å². The minimum Gasteiger partial charge on any atom is -0.490 e. The SMILES string of the molecule is C[C@@H](Nc1ccc2cc[nH]c2n1)c1ccc2c(c1)OCCCO2. The van der Waals surface area contributed by atoms with Gasteiger partial charge in [0.05, 0.1) is 19.3 Å². The molecule has 2 aromatic heterocycles. The summed E-state index contributed by atoms with van der Waals surface area (Å²) < 4.78 is 11.4. The van der Waals surface area contributed by atoms with Crippen LogP contribution in [0.3, 0.4) is 0 Å². The molecular formula is C18H19N3O2. The lowest BCUT2D eigenvalue weighted by molar-refractivity contribution is 0.297. The van der Waals surface area contributed by atoms with Crippen LogP contribution in [0.5, 0.6) is 11.5 Å². The average Bonchev–Trinajstić information content (AvgIpc) is 2.90. The molecule has 1 aliphatic heterocycles. The first kappa shape index (κ1) is 13.9. The van der Waals surface area contributed by atoms with Gasteiger partial charge in [0.1, 0.15) is 11.5 Å². The first-order chi connectivity index (χ1) is 11.3. The maximum atomic E-state index is 5.76. The Morgan fingerprint density at radius 1 is 1.09 bits per heavy atom. The Morgan fingerprint density at radius 2 is 1.96 bits per heavy atom. The second-order valence-electron chi connectivity index (χ2n) is 5.73. The molecule has 0 aliphatic carbocycles. The first-order valence-corrected chi connectivity index (χ1v) is 7.90. The number of hydrogen-bond acceptors (Lipinski definition) is 4. The summed E-state index contributed by atoms with van der Waals surface area (Å²) in [5.74, 6) is 2.49. The van der Waals surface area contributed by atoms with E-state index in [1.807, 2.05) is 30.5 Å². The molecule has 2 N–H and O–H groups in total. The van der Waals surface area contributed by atoms with Crippen LogP contribution in [0.1, 0.15) is 24.9 Å². The number of aromatic nitrogens is 2. The van der Waals surface area contributed by atoms with E-state index in [0.717, 1.165) is 40.3 Å². The molecule has 0 amide bonds. The van der Waals surface area contributed by atoms with Crippen molar-refractivity contribution in [1.82, 2.24) is 9.97 Å². The molecule has 3 heterocycles. The maximum Gasteiger partial charge on any atom is 0.161 e. The van der Waals surface area contributed by atoms with Crippen molar-refractivity contribution in [1.29, 1.82) is 0 Å². The Morgan fingerprint density at radius 3 is 2.87 bits per heavy atom. The van der Waals surface area contributed by atoms with Crippen LogP contribution in [0.4, 0.5) is 5.82 Å². The highest BCUT2D eigenvalue weighted by molar-refractivity contribution is 5.77. The van der Waals surface area contributed by atoms with E-state index in [-0.39, 0.29) is 6.04 Å². The number of H-pyrrole nitrogens is 1. The second-order valence-corrected chi connectivity index (χ2v) is 5.73. The molecule has 23 heavy (non-hydrogen) atoms. The molecule has 0 unspecified atom stereocenters. The van der Waals surface area contributed by atoms with Gasteiger partial charge in [0.15, 0.2) is 11.5 Å². The predicted molar refractivity (Wildman–Crippen MR) is 90.2 cm³/mol. The van der Waals surface area contributed by atoms with Crippen LogP contribution in [-0.4, -0.2) is 23.2 Å². The van der Waals surface area contributed by atoms with Crippen LogP contribution in [0, 0.1) is 0 Å². The molecule has 0 saturated carbocycles. The number of hydrogen-bond donors (Lipinski definition) is 2. The van der Waals surface area contributed by atoms with Gasteiger partial charge in [-0.1, -0.05) is 6.07 Å². The van der Waals surface area contributed by atoms with Crippen molar-refractivity contribution in [3.05, 3.63) is 48.2 Å². The molecule has 1 aromatic carbocycles. The van der Waals surface area contributed by atoms with E-state index in [1.165, 1.54) is 0 Å². The fraction of sp³-hybridized carbons (Fsp3) is 0.278. The van der Waals surface area contributed by atoms with Crippen LogP contribution in [0.2, 0.25) is 0 Å². The summed E-state index contributed by atoms with van der Waals surface area (Å²) in [6, 6.07) is 12.3. The zero-order chi connectivity index (χ0) is 15.6. The van der Waals surface area contributed by atoms with Gasteiger partial charge in [-0.05, 0) is 42.8 Å². The van der Waals surface area contributed by atoms with E-state index >= 15 is 0 Å². The summed E-state index contributed by atoms with van der Waals surface area (Å²) in [6.07, 6.45) is 2.81. The molecule has 5 nitrogen and oxygen atoms in total. The second kappa shape index (κ2) is 5.83. The lowest BCUT2D eigenvalue weighted by Crippen LogP contribution is -2.08. The molecule has 0 saturated heterocycles. The van der Waals surface area contributed by atoms with Gasteiger partial charge in [-0.15, -0.1) is 0 Å². The van der Waals surface area contributed by atoms with Crippen molar-refractivity contribution in [2.45, 2.75) is 19.4 Å². The molecule has 3 aromatic rings. The highest BCUT2D eigenvalue weighted by atomic mass is 16.5. The minimum atomic E-state index is 0.118. The molecule has 1 aliphatic rings. The lowest BCUT2D eigenvalue weighted by atomic mass is 10.1. The summed E-state index contributed by atoms with van der Waals surface area (Å²) in [4.78, 5) is 7.71. The number of fused-ring (bicyclic) bond motifs is 2. The largest absolute Gasteiger partial charge is 0.490 e. The first-order valence-electron chi connectivity index (χ1n) is 7.90. The lowest BCUT2D eigenvalue weighted by Gasteiger charge is -2.17. The van der Waals surface area contributed by atoms with E-state index < -0.39 is 0 Å². The van der Waals surface area contributed by atoms with Gasteiger partial charge in [-0.3, -0.25) is 0 Å². The number of benzene rings is 1. The summed E-state index contributed by atoms with van der Waals surface area (Å²) in [5, 5.41) is 4.55. The summed E-state index contributed by atoms with van der Waals surface area (Å²) >= 11 is 0. The monoisotopic (exact) mass is 309 g/mol. The third kappa shape index (κ3) is 2.82. The Kier molecular flexibility index (Phi) is 3.54. The molecule has 5 heteroatoms. The third-order valence-corrected chi connectivity index (χ3v) is 4.05. The topological polar surface area (TPSA) is 59.2 Å². The Bertz CT molecular complexity index is 828. The Balaban J connectivity index is 1.56. The average molecular weight is 309 g/mol. The van der Waals surface area contributed by atoms with Gasteiger partial charge >= 0.3 is 0 Å². The predicted octanol–water partition coefficient (Wildman–Crippen LogP) is 3.90. The Labute approximate surface area is 134 Å². The number of nitrogens with one attached hydrogen (secondary N) is 2.